The third-order valence-electron chi connectivity index (χ3n) is 23.5. The van der Waals surface area contributed by atoms with Gasteiger partial charge in [0.1, 0.15) is 0 Å². The molecule has 0 N–H and O–H groups in total. The first-order chi connectivity index (χ1) is 55.8. The summed E-state index contributed by atoms with van der Waals surface area (Å²) in [7, 11) is 0. The van der Waals surface area contributed by atoms with Crippen molar-refractivity contribution >= 4 is 150 Å². The van der Waals surface area contributed by atoms with Gasteiger partial charge in [-0.15, -0.1) is 22.7 Å². The molecule has 17 aromatic carbocycles. The van der Waals surface area contributed by atoms with E-state index < -0.39 is 0 Å². The summed E-state index contributed by atoms with van der Waals surface area (Å²) < 4.78 is 10.2. The highest BCUT2D eigenvalue weighted by atomic mass is 32.1. The molecule has 113 heavy (non-hydrogen) atoms. The van der Waals surface area contributed by atoms with E-state index in [1.807, 2.05) is 22.7 Å². The van der Waals surface area contributed by atoms with E-state index in [0.717, 1.165) is 83.8 Å². The number of para-hydroxylation sites is 4. The first-order valence-corrected chi connectivity index (χ1v) is 40.2. The van der Waals surface area contributed by atoms with Crippen molar-refractivity contribution in [2.45, 2.75) is 19.3 Å². The maximum Gasteiger partial charge on any atom is 0.160 e. The van der Waals surface area contributed by atoms with Gasteiger partial charge in [-0.2, -0.15) is 0 Å². The van der Waals surface area contributed by atoms with Crippen molar-refractivity contribution in [2.24, 2.45) is 0 Å². The second kappa shape index (κ2) is 25.5. The van der Waals surface area contributed by atoms with Gasteiger partial charge in [-0.25, -0.2) is 19.9 Å². The number of fused-ring (bicyclic) bond motifs is 25. The number of hydrogen-bond acceptors (Lipinski definition) is 6. The van der Waals surface area contributed by atoms with E-state index in [4.69, 9.17) is 19.9 Å². The van der Waals surface area contributed by atoms with E-state index in [9.17, 15) is 0 Å². The molecule has 0 spiro atoms. The number of rotatable bonds is 8. The highest BCUT2D eigenvalue weighted by Crippen LogP contribution is 2.53. The Morgan fingerprint density at radius 2 is 0.619 bits per heavy atom. The molecule has 0 bridgehead atoms. The summed E-state index contributed by atoms with van der Waals surface area (Å²) in [5, 5.41) is 17.6. The molecule has 0 aliphatic heterocycles. The molecule has 1 aliphatic carbocycles. The molecule has 0 amide bonds. The Morgan fingerprint density at radius 1 is 0.248 bits per heavy atom. The largest absolute Gasteiger partial charge is 0.309 e. The number of hydrogen-bond donors (Lipinski definition) is 0. The van der Waals surface area contributed by atoms with Crippen LogP contribution in [0.4, 0.5) is 0 Å². The molecule has 0 atom stereocenters. The SMILES string of the molecule is CC1(C)c2ccccc2-c2ccc(-c3nc(-c4ccc(-n5c6ccccc6c6c7ccccc7c7sc8ccccc8c7c65)cc4)nc4ccccc34)cc21.c1ccc(-c2cc(-c3ccccc3)cc(-c3nc(-c4ccc(-n5c6ccccc6c6c7ccccc7c7sc8ccccc8c7c65)cc4)nc4ccccc34)c2)cc1. The third-order valence-corrected chi connectivity index (χ3v) is 26.0. The molecule has 8 heteroatoms. The van der Waals surface area contributed by atoms with Crippen LogP contribution in [0.25, 0.3) is 217 Å². The Kier molecular flexibility index (Phi) is 14.7. The molecular weight excluding hydrogens is 1410 g/mol. The Labute approximate surface area is 658 Å². The van der Waals surface area contributed by atoms with Gasteiger partial charge >= 0.3 is 0 Å². The van der Waals surface area contributed by atoms with Crippen LogP contribution in [0.3, 0.4) is 0 Å². The number of benzene rings is 17. The molecule has 6 heterocycles. The van der Waals surface area contributed by atoms with Gasteiger partial charge in [-0.05, 0) is 164 Å². The maximum atomic E-state index is 5.39. The summed E-state index contributed by atoms with van der Waals surface area (Å²) in [6, 6.07) is 131. The summed E-state index contributed by atoms with van der Waals surface area (Å²) in [6.45, 7) is 4.66. The summed E-state index contributed by atoms with van der Waals surface area (Å²) in [6.07, 6.45) is 0. The van der Waals surface area contributed by atoms with Gasteiger partial charge in [0.25, 0.3) is 0 Å². The molecule has 0 saturated carbocycles. The van der Waals surface area contributed by atoms with Gasteiger partial charge in [0.15, 0.2) is 11.6 Å². The zero-order valence-electron chi connectivity index (χ0n) is 61.6. The van der Waals surface area contributed by atoms with E-state index in [1.165, 1.54) is 139 Å². The van der Waals surface area contributed by atoms with Crippen LogP contribution in [0.15, 0.2) is 364 Å². The normalized spacial score (nSPS) is 12.6. The van der Waals surface area contributed by atoms with E-state index in [1.54, 1.807) is 0 Å². The molecule has 0 unspecified atom stereocenters. The van der Waals surface area contributed by atoms with Crippen LogP contribution in [-0.4, -0.2) is 29.1 Å². The maximum absolute atomic E-state index is 5.39. The minimum absolute atomic E-state index is 0.0938. The average Bonchev–Trinajstić information content (AvgIpc) is 1.54. The Hall–Kier alpha value is -14.0. The molecule has 0 saturated heterocycles. The molecule has 23 aromatic rings. The van der Waals surface area contributed by atoms with Crippen LogP contribution in [0.2, 0.25) is 0 Å². The third kappa shape index (κ3) is 10.2. The van der Waals surface area contributed by atoms with E-state index >= 15 is 0 Å². The zero-order chi connectivity index (χ0) is 74.6. The number of thiophene rings is 2. The first-order valence-electron chi connectivity index (χ1n) is 38.6. The summed E-state index contributed by atoms with van der Waals surface area (Å²) in [5.41, 5.74) is 24.9. The number of aromatic nitrogens is 6. The lowest BCUT2D eigenvalue weighted by Gasteiger charge is -2.22. The van der Waals surface area contributed by atoms with Crippen LogP contribution >= 0.6 is 22.7 Å². The van der Waals surface area contributed by atoms with Crippen molar-refractivity contribution in [1.82, 2.24) is 29.1 Å². The Bertz CT molecular complexity index is 7820. The lowest BCUT2D eigenvalue weighted by atomic mass is 9.82. The van der Waals surface area contributed by atoms with Crippen molar-refractivity contribution in [2.75, 3.05) is 0 Å². The van der Waals surface area contributed by atoms with E-state index in [2.05, 4.69) is 387 Å². The standard InChI is InChI=1S/C54H33N3S.C51H33N3S/c1-3-15-34(16-4-1)37-31-38(35-17-5-2-6-18-35)33-39(32-37)51-43-21-9-12-24-46(43)55-54(56-51)36-27-29-40(30-28-36)57-47-25-13-10-22-44(47)49-41-19-7-8-20-42(41)53-50(52(49)57)45-23-11-14-26-48(45)58-53;1-51(2)40-19-9-5-13-33(40)34-28-25-31(29-41(34)51)47-37-16-6-10-20-42(37)52-50(53-47)30-23-26-32(27-24-30)54-43-21-11-7-17-38(43)45-35-14-3-4-15-36(35)49-46(48(45)54)39-18-8-12-22-44(39)55-49/h1-33H;3-29H,1-2H3. The molecule has 0 fully saturated rings. The summed E-state index contributed by atoms with van der Waals surface area (Å²) in [5.74, 6) is 1.42. The van der Waals surface area contributed by atoms with Crippen molar-refractivity contribution < 1.29 is 0 Å². The van der Waals surface area contributed by atoms with Crippen LogP contribution < -0.4 is 0 Å². The smallest absolute Gasteiger partial charge is 0.160 e. The van der Waals surface area contributed by atoms with E-state index in [-0.39, 0.29) is 5.41 Å². The number of nitrogens with zero attached hydrogens (tertiary/aromatic N) is 6. The van der Waals surface area contributed by atoms with Crippen LogP contribution in [0.5, 0.6) is 0 Å². The molecule has 6 nitrogen and oxygen atoms in total. The van der Waals surface area contributed by atoms with Crippen LogP contribution in [0, 0.1) is 0 Å². The van der Waals surface area contributed by atoms with Gasteiger partial charge in [0.05, 0.1) is 44.5 Å². The molecule has 1 aliphatic rings. The first kappa shape index (κ1) is 64.9. The predicted octanol–water partition coefficient (Wildman–Crippen LogP) is 28.8. The predicted molar refractivity (Wildman–Crippen MR) is 479 cm³/mol. The average molecular weight is 1480 g/mol. The minimum atomic E-state index is -0.0938. The van der Waals surface area contributed by atoms with Gasteiger partial charge in [0, 0.05) is 122 Å². The van der Waals surface area contributed by atoms with Crippen molar-refractivity contribution in [3.8, 4) is 90.0 Å². The van der Waals surface area contributed by atoms with Crippen molar-refractivity contribution in [1.29, 1.82) is 0 Å². The Balaban J connectivity index is 0.000000135. The quantitative estimate of drug-likeness (QED) is 0.152. The summed E-state index contributed by atoms with van der Waals surface area (Å²) in [4.78, 5) is 21.0. The second-order valence-corrected chi connectivity index (χ2v) is 32.3. The van der Waals surface area contributed by atoms with Gasteiger partial charge in [-0.3, -0.25) is 0 Å². The molecule has 24 rings (SSSR count). The topological polar surface area (TPSA) is 61.4 Å². The fourth-order valence-corrected chi connectivity index (χ4v) is 20.8. The molecule has 0 radical (unpaired) electrons. The molecule has 6 aromatic heterocycles. The molecule has 528 valence electrons. The lowest BCUT2D eigenvalue weighted by Crippen LogP contribution is -2.14. The van der Waals surface area contributed by atoms with Gasteiger partial charge < -0.3 is 9.13 Å². The minimum Gasteiger partial charge on any atom is -0.309 e. The highest BCUT2D eigenvalue weighted by Gasteiger charge is 2.36. The van der Waals surface area contributed by atoms with Crippen LogP contribution in [-0.2, 0) is 5.41 Å². The lowest BCUT2D eigenvalue weighted by molar-refractivity contribution is 0.660. The monoisotopic (exact) mass is 1470 g/mol. The molecular formula is C105H66N6S2. The van der Waals surface area contributed by atoms with Gasteiger partial charge in [0.2, 0.25) is 0 Å². The highest BCUT2D eigenvalue weighted by molar-refractivity contribution is 7.27. The fraction of sp³-hybridized carbons (Fsp3) is 0.0286. The van der Waals surface area contributed by atoms with Crippen molar-refractivity contribution in [3.63, 3.8) is 0 Å². The second-order valence-electron chi connectivity index (χ2n) is 30.2. The zero-order valence-corrected chi connectivity index (χ0v) is 63.3. The summed E-state index contributed by atoms with van der Waals surface area (Å²) >= 11 is 3.78. The van der Waals surface area contributed by atoms with E-state index in [0.29, 0.717) is 5.82 Å². The Morgan fingerprint density at radius 3 is 1.12 bits per heavy atom. The van der Waals surface area contributed by atoms with Crippen LogP contribution in [0.1, 0.15) is 25.0 Å². The van der Waals surface area contributed by atoms with Gasteiger partial charge in [-0.1, -0.05) is 269 Å². The van der Waals surface area contributed by atoms with Crippen molar-refractivity contribution in [3.05, 3.63) is 375 Å². The fourth-order valence-electron chi connectivity index (χ4n) is 18.4.